The van der Waals surface area contributed by atoms with E-state index in [2.05, 4.69) is 15.7 Å². The Kier molecular flexibility index (Phi) is 6.12. The first-order valence-corrected chi connectivity index (χ1v) is 8.80. The molecule has 0 radical (unpaired) electrons. The molecule has 1 aliphatic heterocycles. The van der Waals surface area contributed by atoms with E-state index in [4.69, 9.17) is 0 Å². The third kappa shape index (κ3) is 4.86. The van der Waals surface area contributed by atoms with Gasteiger partial charge in [0.15, 0.2) is 6.04 Å². The van der Waals surface area contributed by atoms with Crippen LogP contribution in [0.15, 0.2) is 48.8 Å². The lowest BCUT2D eigenvalue weighted by Gasteiger charge is -2.36. The van der Waals surface area contributed by atoms with Crippen LogP contribution in [0.5, 0.6) is 0 Å². The van der Waals surface area contributed by atoms with Crippen molar-refractivity contribution >= 4 is 5.91 Å². The summed E-state index contributed by atoms with van der Waals surface area (Å²) in [6.45, 7) is 1.09. The number of halogens is 3. The second-order valence-corrected chi connectivity index (χ2v) is 6.39. The third-order valence-electron chi connectivity index (χ3n) is 4.59. The molecule has 1 aliphatic rings. The van der Waals surface area contributed by atoms with Gasteiger partial charge in [-0.2, -0.15) is 18.3 Å². The minimum atomic E-state index is -4.42. The average molecular weight is 381 g/mol. The van der Waals surface area contributed by atoms with Crippen LogP contribution in [0, 0.1) is 0 Å². The van der Waals surface area contributed by atoms with E-state index in [1.807, 2.05) is 6.07 Å². The van der Waals surface area contributed by atoms with Crippen LogP contribution in [0.4, 0.5) is 13.2 Å². The van der Waals surface area contributed by atoms with Crippen LogP contribution in [-0.4, -0.2) is 65.5 Å². The standard InChI is InChI=1S/C18H22F3N5O/c19-18(20,21)15(25-11-8-22-9-12-25)13-23-17(27)16(26-10-4-7-24-26)14-5-2-1-3-6-14/h1-7,10,15-16,22H,8-9,11-13H2,(H,23,27). The predicted molar refractivity (Wildman–Crippen MR) is 94.1 cm³/mol. The Labute approximate surface area is 155 Å². The van der Waals surface area contributed by atoms with Gasteiger partial charge >= 0.3 is 6.18 Å². The maximum absolute atomic E-state index is 13.5. The van der Waals surface area contributed by atoms with Crippen molar-refractivity contribution in [3.63, 3.8) is 0 Å². The molecule has 146 valence electrons. The van der Waals surface area contributed by atoms with Crippen LogP contribution < -0.4 is 10.6 Å². The number of hydrogen-bond donors (Lipinski definition) is 2. The Morgan fingerprint density at radius 2 is 1.89 bits per heavy atom. The molecule has 2 heterocycles. The summed E-state index contributed by atoms with van der Waals surface area (Å²) in [5.74, 6) is -0.519. The molecule has 1 aromatic heterocycles. The van der Waals surface area contributed by atoms with Gasteiger partial charge in [0.1, 0.15) is 6.04 Å². The zero-order valence-electron chi connectivity index (χ0n) is 14.7. The molecular formula is C18H22F3N5O. The van der Waals surface area contributed by atoms with Crippen molar-refractivity contribution in [2.24, 2.45) is 0 Å². The van der Waals surface area contributed by atoms with Crippen molar-refractivity contribution in [3.8, 4) is 0 Å². The van der Waals surface area contributed by atoms with E-state index in [0.717, 1.165) is 0 Å². The van der Waals surface area contributed by atoms with Gasteiger partial charge in [0.2, 0.25) is 5.91 Å². The van der Waals surface area contributed by atoms with E-state index >= 15 is 0 Å². The molecule has 9 heteroatoms. The summed E-state index contributed by atoms with van der Waals surface area (Å²) in [5, 5.41) is 9.62. The van der Waals surface area contributed by atoms with E-state index in [-0.39, 0.29) is 0 Å². The monoisotopic (exact) mass is 381 g/mol. The fourth-order valence-corrected chi connectivity index (χ4v) is 3.23. The fraction of sp³-hybridized carbons (Fsp3) is 0.444. The Bertz CT molecular complexity index is 714. The number of aromatic nitrogens is 2. The van der Waals surface area contributed by atoms with Crippen LogP contribution in [0.3, 0.4) is 0 Å². The van der Waals surface area contributed by atoms with Crippen molar-refractivity contribution in [2.75, 3.05) is 32.7 Å². The van der Waals surface area contributed by atoms with Crippen molar-refractivity contribution in [3.05, 3.63) is 54.4 Å². The molecule has 1 aromatic carbocycles. The molecule has 3 rings (SSSR count). The van der Waals surface area contributed by atoms with E-state index in [1.165, 1.54) is 15.8 Å². The van der Waals surface area contributed by atoms with Crippen molar-refractivity contribution in [1.29, 1.82) is 0 Å². The molecule has 6 nitrogen and oxygen atoms in total. The first kappa shape index (κ1) is 19.4. The number of nitrogens with one attached hydrogen (secondary N) is 2. The van der Waals surface area contributed by atoms with Gasteiger partial charge < -0.3 is 10.6 Å². The van der Waals surface area contributed by atoms with Gasteiger partial charge in [0, 0.05) is 45.1 Å². The second-order valence-electron chi connectivity index (χ2n) is 6.39. The fourth-order valence-electron chi connectivity index (χ4n) is 3.23. The van der Waals surface area contributed by atoms with Gasteiger partial charge in [0.05, 0.1) is 0 Å². The topological polar surface area (TPSA) is 62.2 Å². The molecule has 2 aromatic rings. The first-order valence-electron chi connectivity index (χ1n) is 8.80. The van der Waals surface area contributed by atoms with Gasteiger partial charge in [-0.25, -0.2) is 0 Å². The highest BCUT2D eigenvalue weighted by atomic mass is 19.4. The summed E-state index contributed by atoms with van der Waals surface area (Å²) in [6.07, 6.45) is -1.27. The summed E-state index contributed by atoms with van der Waals surface area (Å²) in [7, 11) is 0. The van der Waals surface area contributed by atoms with Crippen molar-refractivity contribution in [1.82, 2.24) is 25.3 Å². The Morgan fingerprint density at radius 3 is 2.48 bits per heavy atom. The first-order chi connectivity index (χ1) is 13.0. The number of hydrogen-bond acceptors (Lipinski definition) is 4. The molecule has 2 atom stereocenters. The van der Waals surface area contributed by atoms with E-state index < -0.39 is 30.7 Å². The lowest BCUT2D eigenvalue weighted by atomic mass is 10.1. The molecule has 0 aliphatic carbocycles. The highest BCUT2D eigenvalue weighted by molar-refractivity contribution is 5.83. The highest BCUT2D eigenvalue weighted by Gasteiger charge is 2.44. The lowest BCUT2D eigenvalue weighted by Crippen LogP contribution is -2.57. The quantitative estimate of drug-likeness (QED) is 0.795. The number of piperazine rings is 1. The van der Waals surface area contributed by atoms with E-state index in [1.54, 1.807) is 36.5 Å². The summed E-state index contributed by atoms with van der Waals surface area (Å²) >= 11 is 0. The van der Waals surface area contributed by atoms with Crippen LogP contribution >= 0.6 is 0 Å². The van der Waals surface area contributed by atoms with Crippen LogP contribution in [-0.2, 0) is 4.79 Å². The number of alkyl halides is 3. The largest absolute Gasteiger partial charge is 0.405 e. The summed E-state index contributed by atoms with van der Waals surface area (Å²) < 4.78 is 42.0. The Hall–Kier alpha value is -2.39. The smallest absolute Gasteiger partial charge is 0.352 e. The van der Waals surface area contributed by atoms with Crippen molar-refractivity contribution in [2.45, 2.75) is 18.3 Å². The minimum Gasteiger partial charge on any atom is -0.352 e. The van der Waals surface area contributed by atoms with E-state index in [9.17, 15) is 18.0 Å². The maximum Gasteiger partial charge on any atom is 0.405 e. The second kappa shape index (κ2) is 8.53. The number of carbonyl (C=O) groups excluding carboxylic acids is 1. The Morgan fingerprint density at radius 1 is 1.19 bits per heavy atom. The number of nitrogens with zero attached hydrogens (tertiary/aromatic N) is 3. The Balaban J connectivity index is 1.74. The number of carbonyl (C=O) groups is 1. The molecule has 0 saturated carbocycles. The van der Waals surface area contributed by atoms with Crippen molar-refractivity contribution < 1.29 is 18.0 Å². The van der Waals surface area contributed by atoms with Crippen LogP contribution in [0.25, 0.3) is 0 Å². The van der Waals surface area contributed by atoms with Crippen LogP contribution in [0.2, 0.25) is 0 Å². The lowest BCUT2D eigenvalue weighted by molar-refractivity contribution is -0.184. The maximum atomic E-state index is 13.5. The number of benzene rings is 1. The predicted octanol–water partition coefficient (Wildman–Crippen LogP) is 1.42. The van der Waals surface area contributed by atoms with Gasteiger partial charge in [-0.15, -0.1) is 0 Å². The molecule has 2 N–H and O–H groups in total. The summed E-state index contributed by atoms with van der Waals surface area (Å²) in [4.78, 5) is 14.1. The van der Waals surface area contributed by atoms with Gasteiger partial charge in [-0.3, -0.25) is 14.4 Å². The SMILES string of the molecule is O=C(NCC(N1CCNCC1)C(F)(F)F)C(c1ccccc1)n1cccn1. The number of amides is 1. The molecule has 27 heavy (non-hydrogen) atoms. The zero-order chi connectivity index (χ0) is 19.3. The van der Waals surface area contributed by atoms with Gasteiger partial charge in [-0.1, -0.05) is 30.3 Å². The minimum absolute atomic E-state index is 0.293. The third-order valence-corrected chi connectivity index (χ3v) is 4.59. The highest BCUT2D eigenvalue weighted by Crippen LogP contribution is 2.25. The normalized spacial score (nSPS) is 18.0. The average Bonchev–Trinajstić information content (AvgIpc) is 3.17. The molecule has 1 amide bonds. The molecular weight excluding hydrogens is 359 g/mol. The molecule has 0 spiro atoms. The molecule has 1 fully saturated rings. The van der Waals surface area contributed by atoms with E-state index in [0.29, 0.717) is 31.7 Å². The zero-order valence-corrected chi connectivity index (χ0v) is 14.7. The summed E-state index contributed by atoms with van der Waals surface area (Å²) in [5.41, 5.74) is 0.657. The molecule has 2 unspecified atom stereocenters. The van der Waals surface area contributed by atoms with Crippen LogP contribution in [0.1, 0.15) is 11.6 Å². The van der Waals surface area contributed by atoms with Gasteiger partial charge in [-0.05, 0) is 11.6 Å². The molecule has 0 bridgehead atoms. The summed E-state index contributed by atoms with van der Waals surface area (Å²) in [6, 6.07) is 8.01. The number of rotatable bonds is 6. The van der Waals surface area contributed by atoms with Gasteiger partial charge in [0.25, 0.3) is 0 Å². The molecule has 1 saturated heterocycles.